The van der Waals surface area contributed by atoms with Crippen molar-refractivity contribution in [1.82, 2.24) is 9.80 Å². The van der Waals surface area contributed by atoms with Gasteiger partial charge in [-0.25, -0.2) is 0 Å². The molecule has 32 heavy (non-hydrogen) atoms. The number of hydrogen-bond acceptors (Lipinski definition) is 6. The number of carbonyl (C=O) groups excluding carboxylic acids is 2. The molecule has 0 bridgehead atoms. The molecule has 8 heteroatoms. The summed E-state index contributed by atoms with van der Waals surface area (Å²) in [5.41, 5.74) is 1.08. The van der Waals surface area contributed by atoms with Crippen LogP contribution in [0.5, 0.6) is 5.75 Å². The molecule has 8 nitrogen and oxygen atoms in total. The number of carbonyl (C=O) groups is 2. The Morgan fingerprint density at radius 3 is 2.69 bits per heavy atom. The maximum absolute atomic E-state index is 12.9. The molecule has 0 unspecified atom stereocenters. The van der Waals surface area contributed by atoms with E-state index >= 15 is 0 Å². The van der Waals surface area contributed by atoms with Gasteiger partial charge in [0.05, 0.1) is 19.3 Å². The van der Waals surface area contributed by atoms with Crippen LogP contribution < -0.4 is 4.74 Å². The van der Waals surface area contributed by atoms with Crippen LogP contribution in [0.3, 0.4) is 0 Å². The highest BCUT2D eigenvalue weighted by Gasteiger charge is 2.22. The zero-order valence-electron chi connectivity index (χ0n) is 18.8. The Labute approximate surface area is 190 Å². The van der Waals surface area contributed by atoms with Gasteiger partial charge in [0.15, 0.2) is 0 Å². The molecule has 2 amide bonds. The Balaban J connectivity index is 1.59. The largest absolute Gasteiger partial charge is 0.491 e. The summed E-state index contributed by atoms with van der Waals surface area (Å²) < 4.78 is 11.5. The van der Waals surface area contributed by atoms with E-state index in [0.29, 0.717) is 52.1 Å². The highest BCUT2D eigenvalue weighted by atomic mass is 16.5. The van der Waals surface area contributed by atoms with Gasteiger partial charge in [-0.05, 0) is 43.7 Å². The molecule has 0 aromatic heterocycles. The van der Waals surface area contributed by atoms with Crippen molar-refractivity contribution in [2.45, 2.75) is 57.2 Å². The second kappa shape index (κ2) is 12.8. The van der Waals surface area contributed by atoms with E-state index in [1.54, 1.807) is 4.90 Å². The van der Waals surface area contributed by atoms with E-state index in [1.807, 2.05) is 29.2 Å². The summed E-state index contributed by atoms with van der Waals surface area (Å²) in [6.07, 6.45) is 2.32. The molecule has 0 radical (unpaired) electrons. The highest BCUT2D eigenvalue weighted by molar-refractivity contribution is 5.78. The van der Waals surface area contributed by atoms with E-state index in [1.165, 1.54) is 0 Å². The van der Waals surface area contributed by atoms with Crippen LogP contribution in [0.1, 0.15) is 44.1 Å². The molecule has 2 aliphatic rings. The van der Waals surface area contributed by atoms with Crippen molar-refractivity contribution in [1.29, 1.82) is 0 Å². The minimum Gasteiger partial charge on any atom is -0.491 e. The van der Waals surface area contributed by atoms with Gasteiger partial charge in [-0.15, -0.1) is 0 Å². The van der Waals surface area contributed by atoms with Gasteiger partial charge in [0, 0.05) is 39.1 Å². The predicted molar refractivity (Wildman–Crippen MR) is 119 cm³/mol. The minimum atomic E-state index is -0.984. The van der Waals surface area contributed by atoms with Crippen molar-refractivity contribution < 1.29 is 29.3 Å². The van der Waals surface area contributed by atoms with E-state index in [0.717, 1.165) is 37.1 Å². The van der Waals surface area contributed by atoms with Crippen molar-refractivity contribution in [3.05, 3.63) is 29.8 Å². The third kappa shape index (κ3) is 7.46. The summed E-state index contributed by atoms with van der Waals surface area (Å²) in [6.45, 7) is 3.00. The molecule has 1 aromatic carbocycles. The number of aliphatic hydroxyl groups excluding tert-OH is 2. The topological polar surface area (TPSA) is 99.5 Å². The van der Waals surface area contributed by atoms with E-state index in [2.05, 4.69) is 0 Å². The first kappa shape index (κ1) is 24.5. The SMILES string of the molecule is O=C1CCCN1CCCC(=O)N1CCOc2ccccc2CCCOC[C@@H](O)[C@@H](O)CC1. The second-order valence-corrected chi connectivity index (χ2v) is 8.53. The van der Waals surface area contributed by atoms with Gasteiger partial charge < -0.3 is 29.5 Å². The van der Waals surface area contributed by atoms with Crippen molar-refractivity contribution in [2.75, 3.05) is 46.0 Å². The standard InChI is InChI=1S/C24H36N2O6/c27-20-11-14-26(24(30)10-4-13-25-12-3-9-23(25)29)15-17-32-22-8-2-1-6-19(22)7-5-16-31-18-21(20)28/h1-2,6,8,20-21,27-28H,3-5,7,9-18H2/t20-,21+/m0/s1. The normalized spacial score (nSPS) is 23.8. The molecular formula is C24H36N2O6. The average Bonchev–Trinajstić information content (AvgIpc) is 3.20. The lowest BCUT2D eigenvalue weighted by Gasteiger charge is -2.26. The van der Waals surface area contributed by atoms with E-state index < -0.39 is 12.2 Å². The van der Waals surface area contributed by atoms with Crippen LogP contribution in [0.25, 0.3) is 0 Å². The summed E-state index contributed by atoms with van der Waals surface area (Å²) in [7, 11) is 0. The molecule has 1 saturated heterocycles. The molecule has 0 spiro atoms. The highest BCUT2D eigenvalue weighted by Crippen LogP contribution is 2.20. The zero-order chi connectivity index (χ0) is 22.8. The number of para-hydroxylation sites is 1. The molecule has 178 valence electrons. The smallest absolute Gasteiger partial charge is 0.222 e. The maximum Gasteiger partial charge on any atom is 0.222 e. The van der Waals surface area contributed by atoms with Crippen molar-refractivity contribution in [3.63, 3.8) is 0 Å². The Hall–Kier alpha value is -2.16. The average molecular weight is 449 g/mol. The maximum atomic E-state index is 12.9. The number of hydrogen-bond donors (Lipinski definition) is 2. The fourth-order valence-corrected chi connectivity index (χ4v) is 4.16. The third-order valence-corrected chi connectivity index (χ3v) is 6.10. The van der Waals surface area contributed by atoms with E-state index in [-0.39, 0.29) is 24.8 Å². The van der Waals surface area contributed by atoms with Crippen molar-refractivity contribution in [3.8, 4) is 5.75 Å². The quantitative estimate of drug-likeness (QED) is 0.722. The van der Waals surface area contributed by atoms with E-state index in [9.17, 15) is 19.8 Å². The molecule has 2 atom stereocenters. The first-order chi connectivity index (χ1) is 15.5. The van der Waals surface area contributed by atoms with Gasteiger partial charge in [0.25, 0.3) is 0 Å². The number of ether oxygens (including phenoxy) is 2. The summed E-state index contributed by atoms with van der Waals surface area (Å²) in [4.78, 5) is 28.1. The molecule has 0 aliphatic carbocycles. The Morgan fingerprint density at radius 1 is 1.03 bits per heavy atom. The van der Waals surface area contributed by atoms with Crippen molar-refractivity contribution in [2.24, 2.45) is 0 Å². The fourth-order valence-electron chi connectivity index (χ4n) is 4.16. The zero-order valence-corrected chi connectivity index (χ0v) is 18.8. The first-order valence-corrected chi connectivity index (χ1v) is 11.7. The van der Waals surface area contributed by atoms with Gasteiger partial charge in [-0.1, -0.05) is 18.2 Å². The van der Waals surface area contributed by atoms with Gasteiger partial charge in [0.1, 0.15) is 18.5 Å². The fraction of sp³-hybridized carbons (Fsp3) is 0.667. The lowest BCUT2D eigenvalue weighted by Crippen LogP contribution is -2.39. The molecule has 2 N–H and O–H groups in total. The number of likely N-dealkylation sites (tertiary alicyclic amines) is 1. The van der Waals surface area contributed by atoms with Crippen LogP contribution in [-0.4, -0.2) is 90.0 Å². The van der Waals surface area contributed by atoms with Crippen LogP contribution in [0.15, 0.2) is 24.3 Å². The molecule has 1 aromatic rings. The molecule has 2 aliphatic heterocycles. The van der Waals surface area contributed by atoms with Crippen LogP contribution >= 0.6 is 0 Å². The lowest BCUT2D eigenvalue weighted by atomic mass is 10.1. The van der Waals surface area contributed by atoms with Gasteiger partial charge in [-0.2, -0.15) is 0 Å². The number of benzene rings is 1. The van der Waals surface area contributed by atoms with Crippen molar-refractivity contribution >= 4 is 11.8 Å². The molecule has 0 saturated carbocycles. The monoisotopic (exact) mass is 448 g/mol. The Morgan fingerprint density at radius 2 is 1.88 bits per heavy atom. The predicted octanol–water partition coefficient (Wildman–Crippen LogP) is 1.37. The number of aryl methyl sites for hydroxylation is 1. The van der Waals surface area contributed by atoms with Crippen LogP contribution in [0, 0.1) is 0 Å². The number of rotatable bonds is 4. The van der Waals surface area contributed by atoms with Gasteiger partial charge >= 0.3 is 0 Å². The van der Waals surface area contributed by atoms with Crippen LogP contribution in [-0.2, 0) is 20.7 Å². The second-order valence-electron chi connectivity index (χ2n) is 8.53. The summed E-state index contributed by atoms with van der Waals surface area (Å²) in [6, 6.07) is 7.85. The number of nitrogens with zero attached hydrogens (tertiary/aromatic N) is 2. The number of amides is 2. The molecule has 1 fully saturated rings. The summed E-state index contributed by atoms with van der Waals surface area (Å²) >= 11 is 0. The Bertz CT molecular complexity index is 743. The van der Waals surface area contributed by atoms with Crippen LogP contribution in [0.4, 0.5) is 0 Å². The molecule has 2 heterocycles. The molecule has 3 rings (SSSR count). The van der Waals surface area contributed by atoms with Gasteiger partial charge in [0.2, 0.25) is 11.8 Å². The summed E-state index contributed by atoms with van der Waals surface area (Å²) in [5.74, 6) is 0.941. The third-order valence-electron chi connectivity index (χ3n) is 6.10. The number of aliphatic hydroxyl groups is 2. The first-order valence-electron chi connectivity index (χ1n) is 11.7. The van der Waals surface area contributed by atoms with Crippen LogP contribution in [0.2, 0.25) is 0 Å². The van der Waals surface area contributed by atoms with E-state index in [4.69, 9.17) is 9.47 Å². The summed E-state index contributed by atoms with van der Waals surface area (Å²) in [5, 5.41) is 20.5. The number of fused-ring (bicyclic) bond motifs is 1. The van der Waals surface area contributed by atoms with Gasteiger partial charge in [-0.3, -0.25) is 9.59 Å². The molecular weight excluding hydrogens is 412 g/mol. The lowest BCUT2D eigenvalue weighted by molar-refractivity contribution is -0.133. The minimum absolute atomic E-state index is 0.0317. The Kier molecular flexibility index (Phi) is 9.77.